The molecule has 0 radical (unpaired) electrons. The van der Waals surface area contributed by atoms with E-state index in [0.717, 1.165) is 21.7 Å². The zero-order valence-electron chi connectivity index (χ0n) is 20.9. The van der Waals surface area contributed by atoms with Crippen molar-refractivity contribution in [2.45, 2.75) is 19.0 Å². The van der Waals surface area contributed by atoms with Crippen molar-refractivity contribution in [1.29, 1.82) is 0 Å². The molecule has 1 N–H and O–H groups in total. The van der Waals surface area contributed by atoms with Crippen molar-refractivity contribution in [3.63, 3.8) is 0 Å². The Bertz CT molecular complexity index is 1320. The van der Waals surface area contributed by atoms with E-state index in [9.17, 15) is 18.0 Å². The van der Waals surface area contributed by atoms with Crippen molar-refractivity contribution in [3.8, 4) is 5.75 Å². The van der Waals surface area contributed by atoms with Crippen LogP contribution in [0.4, 0.5) is 5.69 Å². The topological polar surface area (TPSA) is 96.0 Å². The molecule has 2 amide bonds. The Balaban J connectivity index is 2.01. The second kappa shape index (κ2) is 12.6. The molecule has 0 spiro atoms. The number of halogens is 1. The molecule has 0 bridgehead atoms. The maximum absolute atomic E-state index is 13.8. The number of amides is 2. The first-order chi connectivity index (χ1) is 17.6. The number of likely N-dealkylation sites (N-methyl/N-ethyl adjacent to an activating group) is 1. The van der Waals surface area contributed by atoms with Crippen molar-refractivity contribution in [2.75, 3.05) is 31.3 Å². The molecule has 0 heterocycles. The lowest BCUT2D eigenvalue weighted by atomic mass is 10.0. The minimum Gasteiger partial charge on any atom is -0.495 e. The lowest BCUT2D eigenvalue weighted by molar-refractivity contribution is -0.139. The van der Waals surface area contributed by atoms with Gasteiger partial charge in [-0.1, -0.05) is 72.3 Å². The van der Waals surface area contributed by atoms with Gasteiger partial charge >= 0.3 is 0 Å². The van der Waals surface area contributed by atoms with Crippen LogP contribution in [0, 0.1) is 0 Å². The maximum atomic E-state index is 13.8. The molecule has 3 aromatic carbocycles. The van der Waals surface area contributed by atoms with E-state index in [4.69, 9.17) is 16.3 Å². The van der Waals surface area contributed by atoms with Crippen LogP contribution in [0.3, 0.4) is 0 Å². The number of carbonyl (C=O) groups excluding carboxylic acids is 2. The normalized spacial score (nSPS) is 11.9. The maximum Gasteiger partial charge on any atom is 0.244 e. The van der Waals surface area contributed by atoms with Gasteiger partial charge in [0.05, 0.1) is 24.1 Å². The molecule has 0 fully saturated rings. The number of hydrogen-bond donors (Lipinski definition) is 1. The number of methoxy groups -OCH3 is 1. The van der Waals surface area contributed by atoms with Gasteiger partial charge in [-0.2, -0.15) is 0 Å². The molecule has 196 valence electrons. The number of ether oxygens (including phenoxy) is 1. The van der Waals surface area contributed by atoms with Gasteiger partial charge in [0.25, 0.3) is 0 Å². The quantitative estimate of drug-likeness (QED) is 0.399. The van der Waals surface area contributed by atoms with Gasteiger partial charge in [-0.15, -0.1) is 0 Å². The predicted octanol–water partition coefficient (Wildman–Crippen LogP) is 3.50. The summed E-state index contributed by atoms with van der Waals surface area (Å²) in [7, 11) is -0.922. The fraction of sp³-hybridized carbons (Fsp3) is 0.259. The van der Waals surface area contributed by atoms with Crippen molar-refractivity contribution in [3.05, 3.63) is 95.0 Å². The van der Waals surface area contributed by atoms with Crippen LogP contribution >= 0.6 is 11.6 Å². The predicted molar refractivity (Wildman–Crippen MR) is 145 cm³/mol. The number of nitrogens with one attached hydrogen (secondary N) is 1. The fourth-order valence-electron chi connectivity index (χ4n) is 3.92. The second-order valence-corrected chi connectivity index (χ2v) is 10.7. The highest BCUT2D eigenvalue weighted by atomic mass is 35.5. The van der Waals surface area contributed by atoms with E-state index in [1.54, 1.807) is 0 Å². The van der Waals surface area contributed by atoms with Gasteiger partial charge in [-0.3, -0.25) is 13.9 Å². The van der Waals surface area contributed by atoms with E-state index in [2.05, 4.69) is 5.32 Å². The van der Waals surface area contributed by atoms with Crippen molar-refractivity contribution in [2.24, 2.45) is 0 Å². The third-order valence-corrected chi connectivity index (χ3v) is 7.25. The summed E-state index contributed by atoms with van der Waals surface area (Å²) >= 11 is 6.24. The molecule has 0 aliphatic carbocycles. The standard InChI is InChI=1S/C27H30ClN3O5S/c1-29-27(33)24(16-20-10-6-4-7-11-20)30(18-21-12-8-5-9-13-21)26(32)19-31(37(3,34)35)22-14-15-25(36-2)23(28)17-22/h4-15,17,24H,16,18-19H2,1-3H3,(H,29,33)/t24-/m1/s1. The SMILES string of the molecule is CNC(=O)[C@@H](Cc1ccccc1)N(Cc1ccccc1)C(=O)CN(c1ccc(OC)c(Cl)c1)S(C)(=O)=O. The average Bonchev–Trinajstić information content (AvgIpc) is 2.89. The van der Waals surface area contributed by atoms with Crippen molar-refractivity contribution < 1.29 is 22.7 Å². The Hall–Kier alpha value is -3.56. The largest absolute Gasteiger partial charge is 0.495 e. The number of sulfonamides is 1. The van der Waals surface area contributed by atoms with Gasteiger partial charge < -0.3 is 15.0 Å². The van der Waals surface area contributed by atoms with E-state index < -0.39 is 28.5 Å². The molecule has 1 atom stereocenters. The Morgan fingerprint density at radius 2 is 1.57 bits per heavy atom. The Morgan fingerprint density at radius 1 is 0.973 bits per heavy atom. The number of carbonyl (C=O) groups is 2. The van der Waals surface area contributed by atoms with Crippen molar-refractivity contribution in [1.82, 2.24) is 10.2 Å². The van der Waals surface area contributed by atoms with Crippen LogP contribution in [0.2, 0.25) is 5.02 Å². The highest BCUT2D eigenvalue weighted by Crippen LogP contribution is 2.30. The summed E-state index contributed by atoms with van der Waals surface area (Å²) in [4.78, 5) is 28.3. The summed E-state index contributed by atoms with van der Waals surface area (Å²) in [5.41, 5.74) is 1.88. The molecule has 3 aromatic rings. The molecular weight excluding hydrogens is 514 g/mol. The lowest BCUT2D eigenvalue weighted by Crippen LogP contribution is -2.52. The zero-order valence-corrected chi connectivity index (χ0v) is 22.5. The van der Waals surface area contributed by atoms with Gasteiger partial charge in [-0.25, -0.2) is 8.42 Å². The molecule has 0 aliphatic heterocycles. The van der Waals surface area contributed by atoms with Crippen LogP contribution in [0.1, 0.15) is 11.1 Å². The number of benzene rings is 3. The summed E-state index contributed by atoms with van der Waals surface area (Å²) < 4.78 is 31.7. The second-order valence-electron chi connectivity index (χ2n) is 8.42. The van der Waals surface area contributed by atoms with E-state index in [-0.39, 0.29) is 29.6 Å². The molecule has 0 aliphatic rings. The lowest BCUT2D eigenvalue weighted by Gasteiger charge is -2.33. The summed E-state index contributed by atoms with van der Waals surface area (Å²) in [5, 5.41) is 2.85. The minimum absolute atomic E-state index is 0.117. The monoisotopic (exact) mass is 543 g/mol. The molecule has 10 heteroatoms. The third-order valence-electron chi connectivity index (χ3n) is 5.82. The van der Waals surface area contributed by atoms with Crippen LogP contribution in [-0.2, 0) is 32.6 Å². The zero-order chi connectivity index (χ0) is 27.0. The number of nitrogens with zero attached hydrogens (tertiary/aromatic N) is 2. The van der Waals surface area contributed by atoms with Crippen LogP contribution in [-0.4, -0.2) is 58.1 Å². The van der Waals surface area contributed by atoms with Gasteiger partial charge in [0, 0.05) is 20.0 Å². The van der Waals surface area contributed by atoms with Gasteiger partial charge in [-0.05, 0) is 29.3 Å². The van der Waals surface area contributed by atoms with E-state index in [1.807, 2.05) is 60.7 Å². The molecule has 3 rings (SSSR count). The molecule has 0 unspecified atom stereocenters. The van der Waals surface area contributed by atoms with Crippen LogP contribution in [0.5, 0.6) is 5.75 Å². The van der Waals surface area contributed by atoms with Crippen molar-refractivity contribution >= 4 is 39.1 Å². The first kappa shape index (κ1) is 28.0. The summed E-state index contributed by atoms with van der Waals surface area (Å²) in [6.45, 7) is -0.401. The van der Waals surface area contributed by atoms with E-state index in [1.165, 1.54) is 37.3 Å². The van der Waals surface area contributed by atoms with Crippen LogP contribution < -0.4 is 14.4 Å². The smallest absolute Gasteiger partial charge is 0.244 e. The molecule has 0 saturated carbocycles. The summed E-state index contributed by atoms with van der Waals surface area (Å²) in [6, 6.07) is 22.2. The first-order valence-electron chi connectivity index (χ1n) is 11.5. The first-order valence-corrected chi connectivity index (χ1v) is 13.8. The Labute approximate surface area is 222 Å². The van der Waals surface area contributed by atoms with Gasteiger partial charge in [0.15, 0.2) is 0 Å². The molecule has 0 aromatic heterocycles. The summed E-state index contributed by atoms with van der Waals surface area (Å²) in [5.74, 6) is -0.518. The van der Waals surface area contributed by atoms with Gasteiger partial charge in [0.2, 0.25) is 21.8 Å². The highest BCUT2D eigenvalue weighted by molar-refractivity contribution is 7.92. The Morgan fingerprint density at radius 3 is 2.08 bits per heavy atom. The van der Waals surface area contributed by atoms with E-state index in [0.29, 0.717) is 5.75 Å². The Kier molecular flexibility index (Phi) is 9.54. The fourth-order valence-corrected chi connectivity index (χ4v) is 5.02. The summed E-state index contributed by atoms with van der Waals surface area (Å²) in [6.07, 6.45) is 1.27. The van der Waals surface area contributed by atoms with E-state index >= 15 is 0 Å². The molecular formula is C27H30ClN3O5S. The highest BCUT2D eigenvalue weighted by Gasteiger charge is 2.32. The molecule has 8 nitrogen and oxygen atoms in total. The molecule has 37 heavy (non-hydrogen) atoms. The molecule has 0 saturated heterocycles. The number of hydrogen-bond acceptors (Lipinski definition) is 5. The number of rotatable bonds is 11. The third kappa shape index (κ3) is 7.47. The minimum atomic E-state index is -3.88. The van der Waals surface area contributed by atoms with Crippen LogP contribution in [0.15, 0.2) is 78.9 Å². The van der Waals surface area contributed by atoms with Crippen LogP contribution in [0.25, 0.3) is 0 Å². The number of anilines is 1. The average molecular weight is 544 g/mol. The van der Waals surface area contributed by atoms with Gasteiger partial charge in [0.1, 0.15) is 18.3 Å².